The monoisotopic (exact) mass is 401 g/mol. The van der Waals surface area contributed by atoms with Gasteiger partial charge in [-0.25, -0.2) is 0 Å². The lowest BCUT2D eigenvalue weighted by Gasteiger charge is -2.19. The molecule has 0 aliphatic carbocycles. The molecule has 150 valence electrons. The summed E-state index contributed by atoms with van der Waals surface area (Å²) in [5.74, 6) is 0. The van der Waals surface area contributed by atoms with Gasteiger partial charge in [0.05, 0.1) is 33.6 Å². The third-order valence-electron chi connectivity index (χ3n) is 6.60. The van der Waals surface area contributed by atoms with Crippen molar-refractivity contribution in [2.24, 2.45) is 5.41 Å². The Hall–Kier alpha value is -3.64. The lowest BCUT2D eigenvalue weighted by atomic mass is 9.84. The number of para-hydroxylation sites is 1. The first-order chi connectivity index (χ1) is 14.9. The van der Waals surface area contributed by atoms with Crippen molar-refractivity contribution in [3.63, 3.8) is 0 Å². The fraction of sp³-hybridized carbons (Fsp3) is 0.214. The van der Waals surface area contributed by atoms with Crippen LogP contribution in [0.5, 0.6) is 0 Å². The van der Waals surface area contributed by atoms with Gasteiger partial charge < -0.3 is 4.40 Å². The summed E-state index contributed by atoms with van der Waals surface area (Å²) in [5, 5.41) is 15.8. The molecule has 6 aromatic rings. The maximum Gasteiger partial charge on any atom is 0.0822 e. The second-order valence-corrected chi connectivity index (χ2v) is 9.52. The van der Waals surface area contributed by atoms with Crippen LogP contribution >= 0.6 is 0 Å². The van der Waals surface area contributed by atoms with E-state index in [9.17, 15) is 5.26 Å². The molecule has 3 aromatic heterocycles. The van der Waals surface area contributed by atoms with Crippen LogP contribution in [0.15, 0.2) is 54.7 Å². The van der Waals surface area contributed by atoms with E-state index in [2.05, 4.69) is 72.8 Å². The molecule has 0 saturated heterocycles. The standard InChI is InChI=1S/C28H23N3/c1-16-11-17(2)26-21(12-16)25-24-18(9-10-30-25)13-19(14-28(3,4)15-29)23-20-7-5-6-8-22(20)31(26)27(23)24/h5-13H,14H2,1-4H3. The maximum atomic E-state index is 9.74. The first kappa shape index (κ1) is 18.2. The van der Waals surface area contributed by atoms with E-state index >= 15 is 0 Å². The van der Waals surface area contributed by atoms with Gasteiger partial charge in [-0.05, 0) is 68.8 Å². The zero-order valence-electron chi connectivity index (χ0n) is 18.2. The van der Waals surface area contributed by atoms with E-state index in [0.717, 1.165) is 5.52 Å². The highest BCUT2D eigenvalue weighted by molar-refractivity contribution is 6.28. The van der Waals surface area contributed by atoms with Crippen molar-refractivity contribution in [3.8, 4) is 6.07 Å². The minimum absolute atomic E-state index is 0.436. The Kier molecular flexibility index (Phi) is 3.49. The number of rotatable bonds is 2. The van der Waals surface area contributed by atoms with E-state index in [1.165, 1.54) is 60.2 Å². The van der Waals surface area contributed by atoms with Crippen LogP contribution in [0, 0.1) is 30.6 Å². The Bertz CT molecular complexity index is 1710. The molecule has 6 rings (SSSR count). The predicted octanol–water partition coefficient (Wildman–Crippen LogP) is 7.09. The first-order valence-electron chi connectivity index (χ1n) is 10.8. The van der Waals surface area contributed by atoms with Crippen LogP contribution in [0.4, 0.5) is 0 Å². The summed E-state index contributed by atoms with van der Waals surface area (Å²) in [7, 11) is 0. The van der Waals surface area contributed by atoms with Gasteiger partial charge in [0.25, 0.3) is 0 Å². The van der Waals surface area contributed by atoms with Crippen LogP contribution < -0.4 is 0 Å². The smallest absolute Gasteiger partial charge is 0.0822 e. The number of aryl methyl sites for hydroxylation is 2. The van der Waals surface area contributed by atoms with Gasteiger partial charge in [0.1, 0.15) is 0 Å². The molecular formula is C28H23N3. The lowest BCUT2D eigenvalue weighted by Crippen LogP contribution is -2.12. The van der Waals surface area contributed by atoms with Gasteiger partial charge in [-0.3, -0.25) is 4.98 Å². The molecule has 0 atom stereocenters. The minimum Gasteiger partial charge on any atom is -0.308 e. The van der Waals surface area contributed by atoms with Crippen LogP contribution in [0.1, 0.15) is 30.5 Å². The zero-order chi connectivity index (χ0) is 21.5. The Balaban J connectivity index is 1.99. The van der Waals surface area contributed by atoms with E-state index in [4.69, 9.17) is 4.98 Å². The molecule has 3 aromatic carbocycles. The third kappa shape index (κ3) is 2.36. The fourth-order valence-electron chi connectivity index (χ4n) is 5.44. The van der Waals surface area contributed by atoms with Crippen molar-refractivity contribution in [2.75, 3.05) is 0 Å². The van der Waals surface area contributed by atoms with Crippen LogP contribution in [0.2, 0.25) is 0 Å². The number of aromatic nitrogens is 2. The number of pyridine rings is 2. The summed E-state index contributed by atoms with van der Waals surface area (Å²) in [6.07, 6.45) is 2.63. The molecule has 0 saturated carbocycles. The summed E-state index contributed by atoms with van der Waals surface area (Å²) < 4.78 is 2.44. The van der Waals surface area contributed by atoms with E-state index in [1.807, 2.05) is 20.0 Å². The minimum atomic E-state index is -0.436. The average Bonchev–Trinajstić information content (AvgIpc) is 3.09. The van der Waals surface area contributed by atoms with Gasteiger partial charge >= 0.3 is 0 Å². The van der Waals surface area contributed by atoms with Gasteiger partial charge in [-0.2, -0.15) is 5.26 Å². The van der Waals surface area contributed by atoms with Gasteiger partial charge in [0.2, 0.25) is 0 Å². The molecule has 31 heavy (non-hydrogen) atoms. The molecule has 0 aliphatic rings. The van der Waals surface area contributed by atoms with Crippen molar-refractivity contribution < 1.29 is 0 Å². The molecule has 0 N–H and O–H groups in total. The van der Waals surface area contributed by atoms with E-state index < -0.39 is 5.41 Å². The quantitative estimate of drug-likeness (QED) is 0.229. The molecule has 3 heteroatoms. The van der Waals surface area contributed by atoms with Crippen molar-refractivity contribution in [3.05, 3.63) is 71.4 Å². The third-order valence-corrected chi connectivity index (χ3v) is 6.60. The molecule has 3 nitrogen and oxygen atoms in total. The Labute approximate surface area is 180 Å². The molecule has 0 bridgehead atoms. The largest absolute Gasteiger partial charge is 0.308 e. The Morgan fingerprint density at radius 2 is 1.77 bits per heavy atom. The number of nitrogens with zero attached hydrogens (tertiary/aromatic N) is 3. The highest BCUT2D eigenvalue weighted by Crippen LogP contribution is 2.44. The highest BCUT2D eigenvalue weighted by atomic mass is 14.9. The number of hydrogen-bond donors (Lipinski definition) is 0. The normalized spacial score (nSPS) is 12.6. The van der Waals surface area contributed by atoms with Gasteiger partial charge in [0.15, 0.2) is 0 Å². The summed E-state index contributed by atoms with van der Waals surface area (Å²) in [5.41, 5.74) is 8.02. The van der Waals surface area contributed by atoms with Crippen molar-refractivity contribution >= 4 is 49.0 Å². The molecule has 0 radical (unpaired) electrons. The van der Waals surface area contributed by atoms with Crippen molar-refractivity contribution in [2.45, 2.75) is 34.1 Å². The van der Waals surface area contributed by atoms with Crippen LogP contribution in [0.25, 0.3) is 49.0 Å². The van der Waals surface area contributed by atoms with Gasteiger partial charge in [0, 0.05) is 27.7 Å². The second-order valence-electron chi connectivity index (χ2n) is 9.52. The lowest BCUT2D eigenvalue weighted by molar-refractivity contribution is 0.495. The Morgan fingerprint density at radius 1 is 0.968 bits per heavy atom. The number of hydrogen-bond acceptors (Lipinski definition) is 2. The molecule has 0 amide bonds. The average molecular weight is 402 g/mol. The first-order valence-corrected chi connectivity index (χ1v) is 10.8. The topological polar surface area (TPSA) is 41.1 Å². The number of fused-ring (bicyclic) bond motifs is 6. The van der Waals surface area contributed by atoms with E-state index in [1.54, 1.807) is 0 Å². The summed E-state index contributed by atoms with van der Waals surface area (Å²) >= 11 is 0. The SMILES string of the molecule is Cc1cc(C)c2c(c1)c1nccc3cc(CC(C)(C)C#N)c4c5ccccc5n2c4c31. The summed E-state index contributed by atoms with van der Waals surface area (Å²) in [6, 6.07) is 20.1. The van der Waals surface area contributed by atoms with Crippen molar-refractivity contribution in [1.82, 2.24) is 9.38 Å². The van der Waals surface area contributed by atoms with Crippen LogP contribution in [-0.2, 0) is 6.42 Å². The highest BCUT2D eigenvalue weighted by Gasteiger charge is 2.25. The zero-order valence-corrected chi connectivity index (χ0v) is 18.2. The van der Waals surface area contributed by atoms with E-state index in [-0.39, 0.29) is 0 Å². The number of benzene rings is 3. The summed E-state index contributed by atoms with van der Waals surface area (Å²) in [4.78, 5) is 4.87. The molecule has 0 spiro atoms. The van der Waals surface area contributed by atoms with Gasteiger partial charge in [-0.1, -0.05) is 35.9 Å². The Morgan fingerprint density at radius 3 is 2.58 bits per heavy atom. The maximum absolute atomic E-state index is 9.74. The predicted molar refractivity (Wildman–Crippen MR) is 129 cm³/mol. The van der Waals surface area contributed by atoms with Gasteiger partial charge in [-0.15, -0.1) is 0 Å². The molecule has 0 fully saturated rings. The molecular weight excluding hydrogens is 378 g/mol. The fourth-order valence-corrected chi connectivity index (χ4v) is 5.44. The van der Waals surface area contributed by atoms with E-state index in [0.29, 0.717) is 6.42 Å². The van der Waals surface area contributed by atoms with Crippen molar-refractivity contribution in [1.29, 1.82) is 5.26 Å². The van der Waals surface area contributed by atoms with Crippen LogP contribution in [0.3, 0.4) is 0 Å². The second kappa shape index (κ2) is 5.95. The number of nitriles is 1. The summed E-state index contributed by atoms with van der Waals surface area (Å²) in [6.45, 7) is 8.39. The molecule has 3 heterocycles. The molecule has 0 unspecified atom stereocenters. The van der Waals surface area contributed by atoms with Crippen LogP contribution in [-0.4, -0.2) is 9.38 Å². The molecule has 0 aliphatic heterocycles.